The average Bonchev–Trinajstić information content (AvgIpc) is 2.70. The molecule has 160 valence electrons. The minimum atomic E-state index is -3.87. The van der Waals surface area contributed by atoms with Crippen LogP contribution in [0.3, 0.4) is 0 Å². The van der Waals surface area contributed by atoms with Crippen molar-refractivity contribution in [3.05, 3.63) is 58.0 Å². The van der Waals surface area contributed by atoms with Gasteiger partial charge in [-0.05, 0) is 80.9 Å². The van der Waals surface area contributed by atoms with Gasteiger partial charge in [0.15, 0.2) is 0 Å². The molecule has 0 bridgehead atoms. The lowest BCUT2D eigenvalue weighted by molar-refractivity contribution is 0.128. The Morgan fingerprint density at radius 3 is 2.24 bits per heavy atom. The second-order valence-electron chi connectivity index (χ2n) is 6.75. The lowest BCUT2D eigenvalue weighted by atomic mass is 10.1. The van der Waals surface area contributed by atoms with E-state index in [2.05, 4.69) is 20.8 Å². The molecule has 1 fully saturated rings. The van der Waals surface area contributed by atoms with E-state index < -0.39 is 10.0 Å². The van der Waals surface area contributed by atoms with Crippen LogP contribution in [0.2, 0.25) is 5.02 Å². The Bertz CT molecular complexity index is 858. The molecule has 1 aliphatic heterocycles. The number of halogens is 3. The molecule has 0 amide bonds. The van der Waals surface area contributed by atoms with E-state index in [-0.39, 0.29) is 17.3 Å². The molecular formula is C20H25BrCl2N2O3S. The van der Waals surface area contributed by atoms with Gasteiger partial charge in [0.25, 0.3) is 10.0 Å². The van der Waals surface area contributed by atoms with Crippen molar-refractivity contribution in [3.63, 3.8) is 0 Å². The maximum atomic E-state index is 13.2. The van der Waals surface area contributed by atoms with Gasteiger partial charge < -0.3 is 4.90 Å². The fourth-order valence-electron chi connectivity index (χ4n) is 3.17. The Morgan fingerprint density at radius 1 is 1.00 bits per heavy atom. The first-order chi connectivity index (χ1) is 13.5. The first-order valence-electron chi connectivity index (χ1n) is 9.38. The van der Waals surface area contributed by atoms with Crippen LogP contribution in [0.1, 0.15) is 25.7 Å². The third-order valence-corrected chi connectivity index (χ3v) is 7.04. The highest BCUT2D eigenvalue weighted by atomic mass is 79.9. The summed E-state index contributed by atoms with van der Waals surface area (Å²) in [5, 5.41) is 0.483. The Labute approximate surface area is 192 Å². The van der Waals surface area contributed by atoms with Crippen molar-refractivity contribution in [2.45, 2.75) is 30.6 Å². The molecule has 0 saturated carbocycles. The fraction of sp³-hybridized carbons (Fsp3) is 0.400. The van der Waals surface area contributed by atoms with Crippen LogP contribution in [-0.2, 0) is 14.9 Å². The number of anilines is 1. The van der Waals surface area contributed by atoms with Gasteiger partial charge in [-0.1, -0.05) is 34.0 Å². The first kappa shape index (κ1) is 24.4. The zero-order valence-corrected chi connectivity index (χ0v) is 19.9. The van der Waals surface area contributed by atoms with Gasteiger partial charge in [-0.25, -0.2) is 0 Å². The van der Waals surface area contributed by atoms with Crippen LogP contribution in [0.4, 0.5) is 5.69 Å². The highest BCUT2D eigenvalue weighted by Crippen LogP contribution is 2.26. The quantitative estimate of drug-likeness (QED) is 0.337. The number of sulfonamides is 1. The van der Waals surface area contributed by atoms with Crippen molar-refractivity contribution in [3.8, 4) is 0 Å². The molecule has 0 aliphatic carbocycles. The standard InChI is InChI=1S/C20H24BrClN2O3S.ClH/c21-17-5-9-19(10-6-17)24(27-16-4-15-23-13-2-1-3-14-23)28(25,26)20-11-7-18(22)8-12-20;/h5-12H,1-4,13-16H2;1H. The molecule has 9 heteroatoms. The van der Waals surface area contributed by atoms with E-state index in [0.717, 1.165) is 35.0 Å². The summed E-state index contributed by atoms with van der Waals surface area (Å²) < 4.78 is 28.2. The van der Waals surface area contributed by atoms with E-state index in [1.165, 1.54) is 31.4 Å². The molecule has 1 saturated heterocycles. The summed E-state index contributed by atoms with van der Waals surface area (Å²) in [6.07, 6.45) is 4.53. The topological polar surface area (TPSA) is 49.9 Å². The van der Waals surface area contributed by atoms with Gasteiger partial charge in [0.2, 0.25) is 0 Å². The SMILES string of the molecule is Cl.O=S(=O)(c1ccc(Cl)cc1)N(OCCCN1CCCCC1)c1ccc(Br)cc1. The van der Waals surface area contributed by atoms with Gasteiger partial charge in [0, 0.05) is 16.0 Å². The third kappa shape index (κ3) is 6.84. The van der Waals surface area contributed by atoms with Gasteiger partial charge in [0.05, 0.1) is 17.2 Å². The maximum absolute atomic E-state index is 13.2. The molecule has 2 aromatic rings. The van der Waals surface area contributed by atoms with Crippen LogP contribution in [0.15, 0.2) is 57.9 Å². The van der Waals surface area contributed by atoms with Crippen LogP contribution < -0.4 is 4.47 Å². The highest BCUT2D eigenvalue weighted by Gasteiger charge is 2.26. The highest BCUT2D eigenvalue weighted by molar-refractivity contribution is 9.10. The zero-order chi connectivity index (χ0) is 20.0. The van der Waals surface area contributed by atoms with E-state index in [1.54, 1.807) is 36.4 Å². The number of rotatable bonds is 8. The predicted octanol–water partition coefficient (Wildman–Crippen LogP) is 5.53. The van der Waals surface area contributed by atoms with E-state index in [4.69, 9.17) is 16.4 Å². The monoisotopic (exact) mass is 522 g/mol. The summed E-state index contributed by atoms with van der Waals surface area (Å²) in [6.45, 7) is 3.45. The Balaban J connectivity index is 0.00000300. The summed E-state index contributed by atoms with van der Waals surface area (Å²) in [7, 11) is -3.87. The molecular weight excluding hydrogens is 499 g/mol. The van der Waals surface area contributed by atoms with Gasteiger partial charge >= 0.3 is 0 Å². The molecule has 0 aromatic heterocycles. The summed E-state index contributed by atoms with van der Waals surface area (Å²) in [5.74, 6) is 0. The van der Waals surface area contributed by atoms with E-state index in [9.17, 15) is 8.42 Å². The van der Waals surface area contributed by atoms with Crippen LogP contribution in [0, 0.1) is 0 Å². The van der Waals surface area contributed by atoms with Gasteiger partial charge in [-0.3, -0.25) is 4.84 Å². The van der Waals surface area contributed by atoms with Crippen molar-refractivity contribution in [2.75, 3.05) is 30.7 Å². The van der Waals surface area contributed by atoms with Crippen LogP contribution in [0.5, 0.6) is 0 Å². The summed E-state index contributed by atoms with van der Waals surface area (Å²) >= 11 is 9.28. The Hall–Kier alpha value is -0.830. The number of likely N-dealkylation sites (tertiary alicyclic amines) is 1. The molecule has 0 radical (unpaired) electrons. The molecule has 0 unspecified atom stereocenters. The average molecular weight is 524 g/mol. The summed E-state index contributed by atoms with van der Waals surface area (Å²) in [4.78, 5) is 8.32. The third-order valence-electron chi connectivity index (χ3n) is 4.64. The van der Waals surface area contributed by atoms with Crippen molar-refractivity contribution in [1.29, 1.82) is 0 Å². The second-order valence-corrected chi connectivity index (χ2v) is 9.86. The van der Waals surface area contributed by atoms with Crippen molar-refractivity contribution < 1.29 is 13.3 Å². The van der Waals surface area contributed by atoms with Crippen molar-refractivity contribution in [1.82, 2.24) is 4.90 Å². The molecule has 0 spiro atoms. The maximum Gasteiger partial charge on any atom is 0.286 e. The molecule has 2 aromatic carbocycles. The van der Waals surface area contributed by atoms with Gasteiger partial charge in [-0.2, -0.15) is 8.42 Å². The summed E-state index contributed by atoms with van der Waals surface area (Å²) in [5.41, 5.74) is 0.455. The number of nitrogens with zero attached hydrogens (tertiary/aromatic N) is 2. The van der Waals surface area contributed by atoms with E-state index in [0.29, 0.717) is 17.3 Å². The molecule has 5 nitrogen and oxygen atoms in total. The summed E-state index contributed by atoms with van der Waals surface area (Å²) in [6, 6.07) is 13.1. The second kappa shape index (κ2) is 11.5. The van der Waals surface area contributed by atoms with E-state index in [1.807, 2.05) is 0 Å². The van der Waals surface area contributed by atoms with Crippen molar-refractivity contribution in [2.24, 2.45) is 0 Å². The minimum Gasteiger partial charge on any atom is -0.303 e. The van der Waals surface area contributed by atoms with Crippen LogP contribution in [0.25, 0.3) is 0 Å². The molecule has 3 rings (SSSR count). The molecule has 0 atom stereocenters. The smallest absolute Gasteiger partial charge is 0.286 e. The zero-order valence-electron chi connectivity index (χ0n) is 16.0. The lowest BCUT2D eigenvalue weighted by Crippen LogP contribution is -2.34. The fourth-order valence-corrected chi connectivity index (χ4v) is 4.84. The van der Waals surface area contributed by atoms with Gasteiger partial charge in [-0.15, -0.1) is 16.9 Å². The largest absolute Gasteiger partial charge is 0.303 e. The Kier molecular flexibility index (Phi) is 9.72. The normalized spacial score (nSPS) is 15.0. The molecule has 1 heterocycles. The lowest BCUT2D eigenvalue weighted by Gasteiger charge is -2.27. The first-order valence-corrected chi connectivity index (χ1v) is 12.0. The molecule has 0 N–H and O–H groups in total. The number of benzene rings is 2. The minimum absolute atomic E-state index is 0. The van der Waals surface area contributed by atoms with Gasteiger partial charge in [0.1, 0.15) is 0 Å². The number of hydrogen-bond acceptors (Lipinski definition) is 4. The van der Waals surface area contributed by atoms with Crippen LogP contribution >= 0.6 is 39.9 Å². The van der Waals surface area contributed by atoms with Crippen LogP contribution in [-0.4, -0.2) is 39.6 Å². The number of hydrogen-bond donors (Lipinski definition) is 0. The van der Waals surface area contributed by atoms with E-state index >= 15 is 0 Å². The predicted molar refractivity (Wildman–Crippen MR) is 123 cm³/mol. The number of piperidine rings is 1. The molecule has 29 heavy (non-hydrogen) atoms. The Morgan fingerprint density at radius 2 is 1.62 bits per heavy atom. The van der Waals surface area contributed by atoms with Crippen molar-refractivity contribution >= 4 is 55.6 Å². The molecule has 1 aliphatic rings.